The van der Waals surface area contributed by atoms with Crippen molar-refractivity contribution < 1.29 is 14.3 Å². The monoisotopic (exact) mass is 321 g/mol. The fourth-order valence-corrected chi connectivity index (χ4v) is 3.48. The van der Waals surface area contributed by atoms with Crippen LogP contribution in [0.15, 0.2) is 23.1 Å². The summed E-state index contributed by atoms with van der Waals surface area (Å²) < 4.78 is 4.90. The van der Waals surface area contributed by atoms with Crippen molar-refractivity contribution in [2.75, 3.05) is 25.4 Å². The van der Waals surface area contributed by atoms with Crippen LogP contribution in [0.5, 0.6) is 0 Å². The van der Waals surface area contributed by atoms with Gasteiger partial charge in [0.25, 0.3) is 0 Å². The number of fused-ring (bicyclic) bond motifs is 1. The molecule has 0 saturated heterocycles. The molecular weight excluding hydrogens is 298 g/mol. The summed E-state index contributed by atoms with van der Waals surface area (Å²) in [5.74, 6) is -0.0206. The first-order valence-electron chi connectivity index (χ1n) is 7.82. The van der Waals surface area contributed by atoms with E-state index < -0.39 is 0 Å². The maximum absolute atomic E-state index is 12.2. The molecule has 2 rings (SSSR count). The van der Waals surface area contributed by atoms with Crippen LogP contribution in [0, 0.1) is 0 Å². The predicted molar refractivity (Wildman–Crippen MR) is 88.1 cm³/mol. The van der Waals surface area contributed by atoms with Crippen LogP contribution in [0.4, 0.5) is 0 Å². The van der Waals surface area contributed by atoms with E-state index in [9.17, 15) is 9.59 Å². The van der Waals surface area contributed by atoms with Gasteiger partial charge in [-0.2, -0.15) is 0 Å². The van der Waals surface area contributed by atoms with Gasteiger partial charge in [-0.05, 0) is 56.4 Å². The molecule has 1 aromatic carbocycles. The molecule has 1 aliphatic rings. The number of hydrogen-bond acceptors (Lipinski definition) is 4. The first-order valence-corrected chi connectivity index (χ1v) is 8.80. The molecule has 0 radical (unpaired) electrons. The van der Waals surface area contributed by atoms with Crippen molar-refractivity contribution >= 4 is 23.6 Å². The minimum atomic E-state index is -0.347. The summed E-state index contributed by atoms with van der Waals surface area (Å²) in [6.45, 7) is 4.53. The van der Waals surface area contributed by atoms with Gasteiger partial charge in [0.1, 0.15) is 6.54 Å². The Morgan fingerprint density at radius 1 is 1.23 bits per heavy atom. The van der Waals surface area contributed by atoms with Crippen LogP contribution in [-0.4, -0.2) is 42.2 Å². The predicted octanol–water partition coefficient (Wildman–Crippen LogP) is 2.68. The fraction of sp³-hybridized carbons (Fsp3) is 0.529. The van der Waals surface area contributed by atoms with Crippen molar-refractivity contribution in [1.29, 1.82) is 0 Å². The van der Waals surface area contributed by atoms with Crippen molar-refractivity contribution in [3.63, 3.8) is 0 Å². The minimum Gasteiger partial charge on any atom is -0.465 e. The minimum absolute atomic E-state index is 0.0268. The van der Waals surface area contributed by atoms with Gasteiger partial charge >= 0.3 is 5.97 Å². The number of carbonyl (C=O) groups is 2. The molecule has 0 aromatic heterocycles. The average molecular weight is 321 g/mol. The second kappa shape index (κ2) is 8.22. The largest absolute Gasteiger partial charge is 0.465 e. The van der Waals surface area contributed by atoms with Crippen molar-refractivity contribution in [2.45, 2.75) is 38.0 Å². The maximum atomic E-state index is 12.2. The number of aryl methyl sites for hydroxylation is 2. The number of rotatable bonds is 7. The molecule has 5 heteroatoms. The normalized spacial score (nSPS) is 12.8. The van der Waals surface area contributed by atoms with Crippen molar-refractivity contribution in [1.82, 2.24) is 4.90 Å². The van der Waals surface area contributed by atoms with E-state index in [1.165, 1.54) is 35.7 Å². The lowest BCUT2D eigenvalue weighted by Gasteiger charge is -2.19. The third-order valence-electron chi connectivity index (χ3n) is 3.79. The number of hydrogen-bond donors (Lipinski definition) is 0. The molecule has 4 nitrogen and oxygen atoms in total. The van der Waals surface area contributed by atoms with Gasteiger partial charge in [0.2, 0.25) is 5.91 Å². The molecule has 0 fully saturated rings. The fourth-order valence-electron chi connectivity index (χ4n) is 2.61. The summed E-state index contributed by atoms with van der Waals surface area (Å²) in [6.07, 6.45) is 3.54. The quantitative estimate of drug-likeness (QED) is 0.572. The third-order valence-corrected chi connectivity index (χ3v) is 4.77. The number of amides is 1. The highest BCUT2D eigenvalue weighted by Gasteiger charge is 2.17. The van der Waals surface area contributed by atoms with Gasteiger partial charge in [0, 0.05) is 11.4 Å². The highest BCUT2D eigenvalue weighted by molar-refractivity contribution is 8.00. The van der Waals surface area contributed by atoms with Gasteiger partial charge in [-0.1, -0.05) is 6.07 Å². The van der Waals surface area contributed by atoms with Crippen LogP contribution < -0.4 is 0 Å². The van der Waals surface area contributed by atoms with Crippen molar-refractivity contribution in [3.8, 4) is 0 Å². The molecule has 0 bridgehead atoms. The summed E-state index contributed by atoms with van der Waals surface area (Å²) in [4.78, 5) is 26.4. The van der Waals surface area contributed by atoms with Crippen LogP contribution in [-0.2, 0) is 27.2 Å². The second-order valence-electron chi connectivity index (χ2n) is 5.29. The lowest BCUT2D eigenvalue weighted by atomic mass is 10.1. The Bertz CT molecular complexity index is 545. The smallest absolute Gasteiger partial charge is 0.325 e. The zero-order valence-corrected chi connectivity index (χ0v) is 14.1. The molecule has 22 heavy (non-hydrogen) atoms. The van der Waals surface area contributed by atoms with E-state index in [4.69, 9.17) is 4.74 Å². The van der Waals surface area contributed by atoms with E-state index in [0.717, 1.165) is 11.3 Å². The molecule has 0 atom stereocenters. The Labute approximate surface area is 136 Å². The number of likely N-dealkylation sites (N-methyl/N-ethyl adjacent to an activating group) is 1. The molecule has 1 aliphatic carbocycles. The lowest BCUT2D eigenvalue weighted by Crippen LogP contribution is -2.37. The Hall–Kier alpha value is -1.49. The van der Waals surface area contributed by atoms with E-state index in [-0.39, 0.29) is 18.4 Å². The number of thioether (sulfide) groups is 1. The highest BCUT2D eigenvalue weighted by atomic mass is 32.2. The summed E-state index contributed by atoms with van der Waals surface area (Å²) in [6, 6.07) is 6.46. The van der Waals surface area contributed by atoms with Crippen molar-refractivity contribution in [3.05, 3.63) is 29.3 Å². The van der Waals surface area contributed by atoms with E-state index in [1.807, 2.05) is 6.92 Å². The summed E-state index contributed by atoms with van der Waals surface area (Å²) in [5, 5.41) is 0. The van der Waals surface area contributed by atoms with E-state index in [0.29, 0.717) is 18.9 Å². The van der Waals surface area contributed by atoms with Crippen LogP contribution >= 0.6 is 11.8 Å². The Kier molecular flexibility index (Phi) is 6.31. The van der Waals surface area contributed by atoms with Gasteiger partial charge in [-0.25, -0.2) is 0 Å². The molecular formula is C17H23NO3S. The second-order valence-corrected chi connectivity index (χ2v) is 6.33. The lowest BCUT2D eigenvalue weighted by molar-refractivity contribution is -0.148. The standard InChI is InChI=1S/C17H23NO3S/c1-3-18(11-17(20)21-4-2)16(19)12-22-15-9-8-13-6-5-7-14(13)10-15/h8-10H,3-7,11-12H2,1-2H3. The molecule has 0 aliphatic heterocycles. The molecule has 1 aromatic rings. The molecule has 0 N–H and O–H groups in total. The van der Waals surface area contributed by atoms with E-state index >= 15 is 0 Å². The Morgan fingerprint density at radius 2 is 2.00 bits per heavy atom. The number of esters is 1. The van der Waals surface area contributed by atoms with Gasteiger partial charge in [0.15, 0.2) is 0 Å². The molecule has 0 unspecified atom stereocenters. The first kappa shape index (κ1) is 16.9. The van der Waals surface area contributed by atoms with Crippen LogP contribution in [0.3, 0.4) is 0 Å². The zero-order chi connectivity index (χ0) is 15.9. The Balaban J connectivity index is 1.86. The van der Waals surface area contributed by atoms with Crippen molar-refractivity contribution in [2.24, 2.45) is 0 Å². The van der Waals surface area contributed by atoms with E-state index in [1.54, 1.807) is 11.8 Å². The summed E-state index contributed by atoms with van der Waals surface area (Å²) >= 11 is 1.54. The Morgan fingerprint density at radius 3 is 2.73 bits per heavy atom. The first-order chi connectivity index (χ1) is 10.6. The summed E-state index contributed by atoms with van der Waals surface area (Å²) in [7, 11) is 0. The number of ether oxygens (including phenoxy) is 1. The number of nitrogens with zero attached hydrogens (tertiary/aromatic N) is 1. The summed E-state index contributed by atoms with van der Waals surface area (Å²) in [5.41, 5.74) is 2.85. The molecule has 120 valence electrons. The number of carbonyl (C=O) groups excluding carboxylic acids is 2. The molecule has 0 heterocycles. The molecule has 0 saturated carbocycles. The molecule has 0 spiro atoms. The topological polar surface area (TPSA) is 46.6 Å². The SMILES string of the molecule is CCOC(=O)CN(CC)C(=O)CSc1ccc2c(c1)CCC2. The van der Waals surface area contributed by atoms with Crippen LogP contribution in [0.1, 0.15) is 31.4 Å². The highest BCUT2D eigenvalue weighted by Crippen LogP contribution is 2.27. The maximum Gasteiger partial charge on any atom is 0.325 e. The van der Waals surface area contributed by atoms with Gasteiger partial charge < -0.3 is 9.64 Å². The number of benzene rings is 1. The average Bonchev–Trinajstić information content (AvgIpc) is 2.98. The van der Waals surface area contributed by atoms with Gasteiger partial charge in [0.05, 0.1) is 12.4 Å². The van der Waals surface area contributed by atoms with Gasteiger partial charge in [-0.15, -0.1) is 11.8 Å². The molecule has 1 amide bonds. The van der Waals surface area contributed by atoms with Crippen LogP contribution in [0.2, 0.25) is 0 Å². The van der Waals surface area contributed by atoms with Crippen LogP contribution in [0.25, 0.3) is 0 Å². The third kappa shape index (κ3) is 4.50. The zero-order valence-electron chi connectivity index (χ0n) is 13.3. The van der Waals surface area contributed by atoms with Gasteiger partial charge in [-0.3, -0.25) is 9.59 Å². The van der Waals surface area contributed by atoms with E-state index in [2.05, 4.69) is 18.2 Å².